The van der Waals surface area contributed by atoms with Gasteiger partial charge < -0.3 is 4.98 Å². The van der Waals surface area contributed by atoms with Crippen LogP contribution in [0.3, 0.4) is 0 Å². The quantitative estimate of drug-likeness (QED) is 0.746. The number of rotatable bonds is 3. The molecule has 0 saturated carbocycles. The Bertz CT molecular complexity index is 299. The van der Waals surface area contributed by atoms with Crippen LogP contribution in [0.5, 0.6) is 0 Å². The van der Waals surface area contributed by atoms with Crippen LogP contribution in [0.15, 0.2) is 23.4 Å². The van der Waals surface area contributed by atoms with Gasteiger partial charge >= 0.3 is 0 Å². The third-order valence-corrected chi connectivity index (χ3v) is 3.25. The molecule has 0 spiro atoms. The summed E-state index contributed by atoms with van der Waals surface area (Å²) in [7, 11) is -3.02. The van der Waals surface area contributed by atoms with Crippen molar-refractivity contribution in [1.82, 2.24) is 4.98 Å². The lowest BCUT2D eigenvalue weighted by Crippen LogP contribution is -2.05. The molecule has 4 heteroatoms. The molecule has 1 heterocycles. The van der Waals surface area contributed by atoms with Gasteiger partial charge in [-0.1, -0.05) is 6.92 Å². The Hall–Kier alpha value is -0.770. The molecule has 0 unspecified atom stereocenters. The summed E-state index contributed by atoms with van der Waals surface area (Å²) in [6, 6.07) is 3.26. The smallest absolute Gasteiger partial charge is 0.193 e. The SMILES string of the molecule is CCCS(=O)(=O)c1ccc[nH]1. The fourth-order valence-corrected chi connectivity index (χ4v) is 2.18. The van der Waals surface area contributed by atoms with Gasteiger partial charge in [-0.2, -0.15) is 0 Å². The standard InChI is InChI=1S/C7H11NO2S/c1-2-6-11(9,10)7-4-3-5-8-7/h3-5,8H,2,6H2,1H3. The number of hydrogen-bond acceptors (Lipinski definition) is 2. The van der Waals surface area contributed by atoms with E-state index in [0.29, 0.717) is 11.4 Å². The van der Waals surface area contributed by atoms with Gasteiger partial charge in [0.1, 0.15) is 5.03 Å². The van der Waals surface area contributed by atoms with Gasteiger partial charge in [0, 0.05) is 6.20 Å². The van der Waals surface area contributed by atoms with Gasteiger partial charge in [0.2, 0.25) is 0 Å². The Morgan fingerprint density at radius 1 is 1.55 bits per heavy atom. The van der Waals surface area contributed by atoms with E-state index in [2.05, 4.69) is 4.98 Å². The molecule has 3 nitrogen and oxygen atoms in total. The zero-order chi connectivity index (χ0) is 8.32. The second kappa shape index (κ2) is 3.09. The Kier molecular flexibility index (Phi) is 2.34. The number of aromatic amines is 1. The second-order valence-corrected chi connectivity index (χ2v) is 4.43. The second-order valence-electron chi connectivity index (χ2n) is 2.35. The van der Waals surface area contributed by atoms with Crippen molar-refractivity contribution in [2.24, 2.45) is 0 Å². The molecular weight excluding hydrogens is 162 g/mol. The molecule has 1 aromatic heterocycles. The highest BCUT2D eigenvalue weighted by Gasteiger charge is 2.12. The summed E-state index contributed by atoms with van der Waals surface area (Å²) in [5, 5.41) is 0.319. The van der Waals surface area contributed by atoms with Crippen molar-refractivity contribution in [3.63, 3.8) is 0 Å². The van der Waals surface area contributed by atoms with Crippen molar-refractivity contribution in [3.05, 3.63) is 18.3 Å². The minimum Gasteiger partial charge on any atom is -0.352 e. The van der Waals surface area contributed by atoms with Gasteiger partial charge in [-0.15, -0.1) is 0 Å². The van der Waals surface area contributed by atoms with Crippen LogP contribution < -0.4 is 0 Å². The monoisotopic (exact) mass is 173 g/mol. The van der Waals surface area contributed by atoms with Crippen molar-refractivity contribution in [1.29, 1.82) is 0 Å². The highest BCUT2D eigenvalue weighted by atomic mass is 32.2. The molecule has 0 saturated heterocycles. The minimum atomic E-state index is -3.02. The summed E-state index contributed by atoms with van der Waals surface area (Å²) in [5.74, 6) is 0.216. The van der Waals surface area contributed by atoms with E-state index in [4.69, 9.17) is 0 Å². The molecule has 11 heavy (non-hydrogen) atoms. The van der Waals surface area contributed by atoms with Gasteiger partial charge in [-0.05, 0) is 18.6 Å². The zero-order valence-corrected chi connectivity index (χ0v) is 7.19. The largest absolute Gasteiger partial charge is 0.352 e. The number of sulfone groups is 1. The van der Waals surface area contributed by atoms with Crippen LogP contribution in [0, 0.1) is 0 Å². The molecule has 0 aliphatic rings. The Labute approximate surface area is 66.4 Å². The van der Waals surface area contributed by atoms with Crippen LogP contribution in [0.4, 0.5) is 0 Å². The normalized spacial score (nSPS) is 11.7. The average Bonchev–Trinajstić information content (AvgIpc) is 2.37. The third kappa shape index (κ3) is 1.83. The average molecular weight is 173 g/mol. The predicted molar refractivity (Wildman–Crippen MR) is 43.1 cm³/mol. The molecular formula is C7H11NO2S. The summed E-state index contributed by atoms with van der Waals surface area (Å²) < 4.78 is 22.5. The summed E-state index contributed by atoms with van der Waals surface area (Å²) in [4.78, 5) is 2.67. The molecule has 0 amide bonds. The van der Waals surface area contributed by atoms with Crippen LogP contribution in [0.2, 0.25) is 0 Å². The lowest BCUT2D eigenvalue weighted by atomic mass is 10.6. The zero-order valence-electron chi connectivity index (χ0n) is 6.37. The van der Waals surface area contributed by atoms with Crippen molar-refractivity contribution >= 4 is 9.84 Å². The van der Waals surface area contributed by atoms with Crippen molar-refractivity contribution in [2.45, 2.75) is 18.4 Å². The Morgan fingerprint density at radius 2 is 2.27 bits per heavy atom. The van der Waals surface area contributed by atoms with Crippen molar-refractivity contribution < 1.29 is 8.42 Å². The van der Waals surface area contributed by atoms with E-state index in [1.165, 1.54) is 0 Å². The maximum absolute atomic E-state index is 11.3. The fourth-order valence-electron chi connectivity index (χ4n) is 0.886. The van der Waals surface area contributed by atoms with Crippen molar-refractivity contribution in [3.8, 4) is 0 Å². The molecule has 0 radical (unpaired) electrons. The summed E-state index contributed by atoms with van der Waals surface area (Å²) in [6.07, 6.45) is 2.27. The van der Waals surface area contributed by atoms with E-state index >= 15 is 0 Å². The molecule has 0 aliphatic carbocycles. The van der Waals surface area contributed by atoms with E-state index in [1.54, 1.807) is 18.3 Å². The maximum atomic E-state index is 11.3. The first-order chi connectivity index (χ1) is 5.17. The van der Waals surface area contributed by atoms with Crippen LogP contribution in [-0.2, 0) is 9.84 Å². The van der Waals surface area contributed by atoms with Gasteiger partial charge in [-0.25, -0.2) is 8.42 Å². The van der Waals surface area contributed by atoms with Gasteiger partial charge in [0.15, 0.2) is 9.84 Å². The fraction of sp³-hybridized carbons (Fsp3) is 0.429. The molecule has 0 aliphatic heterocycles. The van der Waals surface area contributed by atoms with Crippen molar-refractivity contribution in [2.75, 3.05) is 5.75 Å². The Balaban J connectivity index is 2.92. The van der Waals surface area contributed by atoms with Crippen LogP contribution in [0.1, 0.15) is 13.3 Å². The first-order valence-electron chi connectivity index (χ1n) is 3.53. The number of hydrogen-bond donors (Lipinski definition) is 1. The van der Waals surface area contributed by atoms with Gasteiger partial charge in [0.05, 0.1) is 5.75 Å². The van der Waals surface area contributed by atoms with E-state index in [1.807, 2.05) is 6.92 Å². The maximum Gasteiger partial charge on any atom is 0.193 e. The molecule has 1 aromatic rings. The first kappa shape index (κ1) is 8.33. The predicted octanol–water partition coefficient (Wildman–Crippen LogP) is 1.20. The highest BCUT2D eigenvalue weighted by molar-refractivity contribution is 7.91. The molecule has 1 rings (SSSR count). The molecule has 0 atom stereocenters. The molecule has 0 aromatic carbocycles. The minimum absolute atomic E-state index is 0.216. The summed E-state index contributed by atoms with van der Waals surface area (Å²) in [6.45, 7) is 1.85. The van der Waals surface area contributed by atoms with Gasteiger partial charge in [0.25, 0.3) is 0 Å². The van der Waals surface area contributed by atoms with E-state index in [-0.39, 0.29) is 5.75 Å². The topological polar surface area (TPSA) is 49.9 Å². The Morgan fingerprint density at radius 3 is 2.73 bits per heavy atom. The van der Waals surface area contributed by atoms with Crippen LogP contribution in [0.25, 0.3) is 0 Å². The third-order valence-electron chi connectivity index (χ3n) is 1.38. The summed E-state index contributed by atoms with van der Waals surface area (Å²) in [5.41, 5.74) is 0. The number of H-pyrrole nitrogens is 1. The van der Waals surface area contributed by atoms with E-state index < -0.39 is 9.84 Å². The first-order valence-corrected chi connectivity index (χ1v) is 5.18. The van der Waals surface area contributed by atoms with Crippen LogP contribution in [-0.4, -0.2) is 19.2 Å². The molecule has 0 fully saturated rings. The number of aromatic nitrogens is 1. The molecule has 0 bridgehead atoms. The number of nitrogens with one attached hydrogen (secondary N) is 1. The van der Waals surface area contributed by atoms with Crippen LogP contribution >= 0.6 is 0 Å². The van der Waals surface area contributed by atoms with Gasteiger partial charge in [-0.3, -0.25) is 0 Å². The van der Waals surface area contributed by atoms with E-state index in [9.17, 15) is 8.42 Å². The summed E-state index contributed by atoms with van der Waals surface area (Å²) >= 11 is 0. The van der Waals surface area contributed by atoms with E-state index in [0.717, 1.165) is 0 Å². The molecule has 1 N–H and O–H groups in total. The highest BCUT2D eigenvalue weighted by Crippen LogP contribution is 2.07. The lowest BCUT2D eigenvalue weighted by molar-refractivity contribution is 0.592. The molecule has 62 valence electrons. The lowest BCUT2D eigenvalue weighted by Gasteiger charge is -1.96.